The van der Waals surface area contributed by atoms with Crippen molar-refractivity contribution >= 4 is 0 Å². The predicted octanol–water partition coefficient (Wildman–Crippen LogP) is 1.88. The lowest BCUT2D eigenvalue weighted by Crippen LogP contribution is -2.49. The quantitative estimate of drug-likeness (QED) is 0.640. The molecule has 0 aliphatic carbocycles. The van der Waals surface area contributed by atoms with Gasteiger partial charge in [-0.05, 0) is 11.8 Å². The molecule has 0 aromatic heterocycles. The van der Waals surface area contributed by atoms with Gasteiger partial charge in [-0.1, -0.05) is 20.8 Å². The van der Waals surface area contributed by atoms with E-state index in [4.69, 9.17) is 5.26 Å². The zero-order valence-electron chi connectivity index (χ0n) is 8.30. The maximum atomic E-state index is 8.58. The van der Waals surface area contributed by atoms with Gasteiger partial charge < -0.3 is 4.90 Å². The van der Waals surface area contributed by atoms with Gasteiger partial charge in [0.05, 0.1) is 12.0 Å². The highest BCUT2D eigenvalue weighted by molar-refractivity contribution is 4.96. The minimum absolute atomic E-state index is 0.303. The van der Waals surface area contributed by atoms with Gasteiger partial charge in [-0.15, -0.1) is 0 Å². The Morgan fingerprint density at radius 2 is 2.08 bits per heavy atom. The number of nitrogens with zero attached hydrogens (tertiary/aromatic N) is 2. The number of likely N-dealkylation sites (tertiary alicyclic amines) is 1. The molecule has 2 nitrogen and oxygen atoms in total. The van der Waals surface area contributed by atoms with E-state index in [9.17, 15) is 0 Å². The average Bonchev–Trinajstić information content (AvgIpc) is 1.96. The number of rotatable bonds is 3. The van der Waals surface area contributed by atoms with E-state index in [0.29, 0.717) is 11.3 Å². The van der Waals surface area contributed by atoms with E-state index >= 15 is 0 Å². The van der Waals surface area contributed by atoms with Crippen LogP contribution in [0.3, 0.4) is 0 Å². The van der Waals surface area contributed by atoms with Gasteiger partial charge in [0.15, 0.2) is 0 Å². The summed E-state index contributed by atoms with van der Waals surface area (Å²) in [5, 5.41) is 8.58. The van der Waals surface area contributed by atoms with Crippen molar-refractivity contribution < 1.29 is 0 Å². The molecule has 0 bridgehead atoms. The van der Waals surface area contributed by atoms with Gasteiger partial charge in [0.1, 0.15) is 0 Å². The van der Waals surface area contributed by atoms with Crippen LogP contribution in [0.1, 0.15) is 27.2 Å². The molecule has 1 saturated heterocycles. The zero-order chi connectivity index (χ0) is 9.19. The molecule has 1 rings (SSSR count). The summed E-state index contributed by atoms with van der Waals surface area (Å²) in [6.07, 6.45) is 1.21. The van der Waals surface area contributed by atoms with Crippen LogP contribution in [-0.4, -0.2) is 24.5 Å². The van der Waals surface area contributed by atoms with Gasteiger partial charge in [0.2, 0.25) is 0 Å². The van der Waals surface area contributed by atoms with E-state index in [-0.39, 0.29) is 0 Å². The number of nitriles is 1. The molecule has 0 atom stereocenters. The van der Waals surface area contributed by atoms with Crippen molar-refractivity contribution in [1.29, 1.82) is 5.26 Å². The fourth-order valence-electron chi connectivity index (χ4n) is 1.50. The molecule has 0 spiro atoms. The monoisotopic (exact) mass is 166 g/mol. The fraction of sp³-hybridized carbons (Fsp3) is 0.900. The summed E-state index contributed by atoms with van der Waals surface area (Å²) in [4.78, 5) is 2.37. The number of hydrogen-bond donors (Lipinski definition) is 0. The molecule has 0 amide bonds. The molecule has 0 aromatic carbocycles. The van der Waals surface area contributed by atoms with Gasteiger partial charge in [-0.25, -0.2) is 0 Å². The summed E-state index contributed by atoms with van der Waals surface area (Å²) in [5.74, 6) is 0.303. The normalized spacial score (nSPS) is 20.2. The maximum absolute atomic E-state index is 8.58. The summed E-state index contributed by atoms with van der Waals surface area (Å²) in [5.41, 5.74) is 0.417. The minimum atomic E-state index is 0.303. The third-order valence-corrected chi connectivity index (χ3v) is 2.75. The van der Waals surface area contributed by atoms with Gasteiger partial charge in [-0.3, -0.25) is 0 Å². The second-order valence-corrected chi connectivity index (χ2v) is 4.54. The van der Waals surface area contributed by atoms with Gasteiger partial charge in [0, 0.05) is 19.6 Å². The Hall–Kier alpha value is -0.550. The molecule has 0 unspecified atom stereocenters. The lowest BCUT2D eigenvalue weighted by molar-refractivity contribution is 0.0819. The van der Waals surface area contributed by atoms with E-state index < -0.39 is 0 Å². The Bertz CT molecular complexity index is 185. The lowest BCUT2D eigenvalue weighted by atomic mass is 9.87. The van der Waals surface area contributed by atoms with Crippen LogP contribution in [0.5, 0.6) is 0 Å². The van der Waals surface area contributed by atoms with E-state index in [1.807, 2.05) is 0 Å². The Balaban J connectivity index is 2.24. The third kappa shape index (κ3) is 2.22. The van der Waals surface area contributed by atoms with Crippen LogP contribution in [0.2, 0.25) is 0 Å². The van der Waals surface area contributed by atoms with Crippen LogP contribution in [-0.2, 0) is 0 Å². The molecule has 68 valence electrons. The van der Waals surface area contributed by atoms with Crippen LogP contribution in [0.15, 0.2) is 0 Å². The van der Waals surface area contributed by atoms with Crippen LogP contribution in [0.4, 0.5) is 0 Å². The van der Waals surface area contributed by atoms with Crippen molar-refractivity contribution in [3.05, 3.63) is 0 Å². The van der Waals surface area contributed by atoms with E-state index in [1.54, 1.807) is 0 Å². The lowest BCUT2D eigenvalue weighted by Gasteiger charge is -2.40. The highest BCUT2D eigenvalue weighted by atomic mass is 15.2. The van der Waals surface area contributed by atoms with Gasteiger partial charge in [0.25, 0.3) is 0 Å². The minimum Gasteiger partial charge on any atom is -0.300 e. The van der Waals surface area contributed by atoms with Gasteiger partial charge in [-0.2, -0.15) is 5.26 Å². The van der Waals surface area contributed by atoms with Crippen LogP contribution in [0.25, 0.3) is 0 Å². The van der Waals surface area contributed by atoms with Crippen molar-refractivity contribution in [1.82, 2.24) is 4.90 Å². The highest BCUT2D eigenvalue weighted by Gasteiger charge is 2.30. The summed E-state index contributed by atoms with van der Waals surface area (Å²) < 4.78 is 0. The Labute approximate surface area is 75.2 Å². The molecule has 1 aliphatic heterocycles. The molecule has 2 heteroatoms. The van der Waals surface area contributed by atoms with Crippen molar-refractivity contribution in [2.45, 2.75) is 27.2 Å². The third-order valence-electron chi connectivity index (χ3n) is 2.75. The topological polar surface area (TPSA) is 27.0 Å². The molecule has 1 fully saturated rings. The molecule has 12 heavy (non-hydrogen) atoms. The molecule has 0 N–H and O–H groups in total. The van der Waals surface area contributed by atoms with Crippen molar-refractivity contribution in [3.8, 4) is 6.07 Å². The second-order valence-electron chi connectivity index (χ2n) is 4.54. The Morgan fingerprint density at radius 3 is 2.50 bits per heavy atom. The SMILES string of the molecule is CCC(C)(C)CN1CC(C#N)C1. The summed E-state index contributed by atoms with van der Waals surface area (Å²) >= 11 is 0. The van der Waals surface area contributed by atoms with E-state index in [0.717, 1.165) is 19.6 Å². The van der Waals surface area contributed by atoms with Crippen LogP contribution in [0, 0.1) is 22.7 Å². The van der Waals surface area contributed by atoms with E-state index in [1.165, 1.54) is 6.42 Å². The largest absolute Gasteiger partial charge is 0.300 e. The van der Waals surface area contributed by atoms with Crippen LogP contribution < -0.4 is 0 Å². The first-order chi connectivity index (χ1) is 5.57. The first-order valence-corrected chi connectivity index (χ1v) is 4.69. The van der Waals surface area contributed by atoms with Crippen molar-refractivity contribution in [3.63, 3.8) is 0 Å². The molecule has 1 heterocycles. The summed E-state index contributed by atoms with van der Waals surface area (Å²) in [6.45, 7) is 9.91. The predicted molar refractivity (Wildman–Crippen MR) is 49.6 cm³/mol. The molecular weight excluding hydrogens is 148 g/mol. The highest BCUT2D eigenvalue weighted by Crippen LogP contribution is 2.25. The molecular formula is C10H18N2. The fourth-order valence-corrected chi connectivity index (χ4v) is 1.50. The molecule has 0 radical (unpaired) electrons. The molecule has 0 aromatic rings. The zero-order valence-corrected chi connectivity index (χ0v) is 8.30. The molecule has 1 aliphatic rings. The maximum Gasteiger partial charge on any atom is 0.0717 e. The standard InChI is InChI=1S/C10H18N2/c1-4-10(2,3)8-12-6-9(5-11)7-12/h9H,4,6-8H2,1-3H3. The summed E-state index contributed by atoms with van der Waals surface area (Å²) in [7, 11) is 0. The first-order valence-electron chi connectivity index (χ1n) is 4.69. The number of hydrogen-bond acceptors (Lipinski definition) is 2. The second kappa shape index (κ2) is 3.45. The van der Waals surface area contributed by atoms with Gasteiger partial charge >= 0.3 is 0 Å². The van der Waals surface area contributed by atoms with Crippen LogP contribution >= 0.6 is 0 Å². The summed E-state index contributed by atoms with van der Waals surface area (Å²) in [6, 6.07) is 2.29. The van der Waals surface area contributed by atoms with Crippen molar-refractivity contribution in [2.24, 2.45) is 11.3 Å². The van der Waals surface area contributed by atoms with Crippen molar-refractivity contribution in [2.75, 3.05) is 19.6 Å². The smallest absolute Gasteiger partial charge is 0.0717 e. The average molecular weight is 166 g/mol. The Morgan fingerprint density at radius 1 is 1.50 bits per heavy atom. The Kier molecular flexibility index (Phi) is 2.74. The van der Waals surface area contributed by atoms with E-state index in [2.05, 4.69) is 31.7 Å². The first kappa shape index (κ1) is 9.54. The molecule has 0 saturated carbocycles.